The van der Waals surface area contributed by atoms with Gasteiger partial charge in [-0.15, -0.1) is 0 Å². The molecule has 0 fully saturated rings. The lowest BCUT2D eigenvalue weighted by Crippen LogP contribution is -2.19. The maximum absolute atomic E-state index is 9.97. The van der Waals surface area contributed by atoms with Crippen LogP contribution in [0.2, 0.25) is 0 Å². The minimum absolute atomic E-state index is 0.583. The van der Waals surface area contributed by atoms with Gasteiger partial charge in [0.2, 0.25) is 0 Å². The fourth-order valence-electron chi connectivity index (χ4n) is 0.162. The van der Waals surface area contributed by atoms with Gasteiger partial charge in [-0.3, -0.25) is 10.4 Å². The molecule has 0 heterocycles. The highest BCUT2D eigenvalue weighted by Gasteiger charge is 2.00. The number of urea groups is 1. The van der Waals surface area contributed by atoms with Crippen LogP contribution in [0.25, 0.3) is 0 Å². The van der Waals surface area contributed by atoms with Gasteiger partial charge >= 0.3 is 6.03 Å². The zero-order valence-corrected chi connectivity index (χ0v) is 4.27. The van der Waals surface area contributed by atoms with Crippen molar-refractivity contribution >= 4 is 12.2 Å². The van der Waals surface area contributed by atoms with E-state index in [1.165, 1.54) is 6.92 Å². The summed E-state index contributed by atoms with van der Waals surface area (Å²) in [7, 11) is 0. The molecule has 8 heavy (non-hydrogen) atoms. The minimum atomic E-state index is -1.10. The summed E-state index contributed by atoms with van der Waals surface area (Å²) in [5.41, 5.74) is 0. The van der Waals surface area contributed by atoms with Gasteiger partial charge in [-0.1, -0.05) is 5.23 Å². The van der Waals surface area contributed by atoms with Gasteiger partial charge in [0, 0.05) is 6.21 Å². The van der Waals surface area contributed by atoms with Gasteiger partial charge in [-0.05, 0) is 6.92 Å². The van der Waals surface area contributed by atoms with Gasteiger partial charge in [0.05, 0.1) is 0 Å². The largest absolute Gasteiger partial charge is 0.392 e. The fourth-order valence-corrected chi connectivity index (χ4v) is 0.162. The quantitative estimate of drug-likeness (QED) is 0.272. The van der Waals surface area contributed by atoms with Crippen molar-refractivity contribution in [1.82, 2.24) is 5.23 Å². The molecule has 2 amide bonds. The number of hydroxylamine groups is 2. The zero-order valence-electron chi connectivity index (χ0n) is 4.27. The number of carbonyl (C=O) groups is 1. The Balaban J connectivity index is 3.66. The lowest BCUT2D eigenvalue weighted by molar-refractivity contribution is -0.256. The van der Waals surface area contributed by atoms with Crippen LogP contribution in [0.5, 0.6) is 0 Å². The lowest BCUT2D eigenvalue weighted by atomic mass is 10.9. The van der Waals surface area contributed by atoms with E-state index in [1.54, 1.807) is 0 Å². The average Bonchev–Trinajstić information content (AvgIpc) is 1.67. The summed E-state index contributed by atoms with van der Waals surface area (Å²) in [6, 6.07) is -1.10. The highest BCUT2D eigenvalue weighted by atomic mass is 16.8. The van der Waals surface area contributed by atoms with Crippen LogP contribution in [0.3, 0.4) is 0 Å². The van der Waals surface area contributed by atoms with E-state index in [0.717, 1.165) is 6.21 Å². The lowest BCUT2D eigenvalue weighted by Gasteiger charge is -1.97. The van der Waals surface area contributed by atoms with Crippen molar-refractivity contribution in [3.8, 4) is 0 Å². The predicted molar refractivity (Wildman–Crippen MR) is 25.0 cm³/mol. The molecule has 0 unspecified atom stereocenters. The molecule has 0 aliphatic heterocycles. The molecule has 0 bridgehead atoms. The fraction of sp³-hybridized carbons (Fsp3) is 0.333. The molecule has 46 valence electrons. The maximum atomic E-state index is 9.97. The summed E-state index contributed by atoms with van der Waals surface area (Å²) < 4.78 is 0. The van der Waals surface area contributed by atoms with Gasteiger partial charge in [0.15, 0.2) is 0 Å². The van der Waals surface area contributed by atoms with Gasteiger partial charge in [0.25, 0.3) is 0 Å². The summed E-state index contributed by atoms with van der Waals surface area (Å²) in [5.74, 6) is 0. The van der Waals surface area contributed by atoms with Crippen LogP contribution in [0.1, 0.15) is 6.92 Å². The molecule has 0 saturated heterocycles. The standard InChI is InChI=1S/C3H6N2O3/c1-2-4-3(6)5(7)8/h2,7-8H,1H3. The summed E-state index contributed by atoms with van der Waals surface area (Å²) in [4.78, 5) is 13.0. The molecule has 0 aromatic rings. The summed E-state index contributed by atoms with van der Waals surface area (Å²) in [6.45, 7) is 1.49. The second-order valence-corrected chi connectivity index (χ2v) is 0.959. The Morgan fingerprint density at radius 2 is 2.25 bits per heavy atom. The molecule has 0 radical (unpaired) electrons. The number of rotatable bonds is 0. The first-order valence-electron chi connectivity index (χ1n) is 1.89. The third kappa shape index (κ3) is 2.27. The molecule has 0 rings (SSSR count). The molecule has 2 N–H and O–H groups in total. The normalized spacial score (nSPS) is 9.88. The van der Waals surface area contributed by atoms with E-state index >= 15 is 0 Å². The Kier molecular flexibility index (Phi) is 2.75. The first kappa shape index (κ1) is 7.06. The van der Waals surface area contributed by atoms with E-state index in [1.807, 2.05) is 0 Å². The number of nitrogens with zero attached hydrogens (tertiary/aromatic N) is 2. The molecular weight excluding hydrogens is 112 g/mol. The van der Waals surface area contributed by atoms with Crippen molar-refractivity contribution in [3.63, 3.8) is 0 Å². The van der Waals surface area contributed by atoms with Gasteiger partial charge in [-0.2, -0.15) is 0 Å². The van der Waals surface area contributed by atoms with Crippen molar-refractivity contribution in [2.75, 3.05) is 0 Å². The third-order valence-electron chi connectivity index (χ3n) is 0.411. The Morgan fingerprint density at radius 1 is 1.75 bits per heavy atom. The molecule has 0 aliphatic rings. The first-order valence-corrected chi connectivity index (χ1v) is 1.89. The molecule has 0 saturated carbocycles. The zero-order chi connectivity index (χ0) is 6.57. The molecule has 5 nitrogen and oxygen atoms in total. The number of carbonyl (C=O) groups excluding carboxylic acids is 1. The Bertz CT molecular complexity index is 109. The summed E-state index contributed by atoms with van der Waals surface area (Å²) in [5, 5.41) is 15.2. The molecular formula is C3H6N2O3. The van der Waals surface area contributed by atoms with Crippen LogP contribution in [0.15, 0.2) is 4.99 Å². The number of amides is 2. The minimum Gasteiger partial charge on any atom is -0.260 e. The van der Waals surface area contributed by atoms with E-state index in [2.05, 4.69) is 4.99 Å². The predicted octanol–water partition coefficient (Wildman–Crippen LogP) is 0.278. The van der Waals surface area contributed by atoms with Crippen LogP contribution < -0.4 is 0 Å². The van der Waals surface area contributed by atoms with Crippen LogP contribution in [0.4, 0.5) is 4.79 Å². The topological polar surface area (TPSA) is 73.1 Å². The number of hydrogen-bond donors (Lipinski definition) is 2. The highest BCUT2D eigenvalue weighted by Crippen LogP contribution is 1.79. The van der Waals surface area contributed by atoms with E-state index < -0.39 is 11.3 Å². The molecule has 0 spiro atoms. The second kappa shape index (κ2) is 3.11. The van der Waals surface area contributed by atoms with E-state index in [9.17, 15) is 4.79 Å². The maximum Gasteiger partial charge on any atom is 0.392 e. The van der Waals surface area contributed by atoms with E-state index in [-0.39, 0.29) is 0 Å². The summed E-state index contributed by atoms with van der Waals surface area (Å²) in [6.07, 6.45) is 1.15. The van der Waals surface area contributed by atoms with Gasteiger partial charge in [0.1, 0.15) is 0 Å². The first-order chi connectivity index (χ1) is 3.68. The summed E-state index contributed by atoms with van der Waals surface area (Å²) >= 11 is 0. The molecule has 0 aromatic carbocycles. The molecule has 0 aromatic heterocycles. The number of aliphatic imine (C=N–C) groups is 1. The smallest absolute Gasteiger partial charge is 0.260 e. The monoisotopic (exact) mass is 118 g/mol. The van der Waals surface area contributed by atoms with E-state index in [4.69, 9.17) is 10.4 Å². The van der Waals surface area contributed by atoms with Crippen molar-refractivity contribution in [2.45, 2.75) is 6.92 Å². The van der Waals surface area contributed by atoms with Crippen LogP contribution in [0, 0.1) is 0 Å². The van der Waals surface area contributed by atoms with Crippen LogP contribution in [-0.2, 0) is 0 Å². The number of hydrogen-bond acceptors (Lipinski definition) is 3. The van der Waals surface area contributed by atoms with Crippen LogP contribution in [-0.4, -0.2) is 27.9 Å². The Labute approximate surface area is 45.8 Å². The van der Waals surface area contributed by atoms with Crippen molar-refractivity contribution in [3.05, 3.63) is 0 Å². The van der Waals surface area contributed by atoms with Crippen molar-refractivity contribution < 1.29 is 15.2 Å². The van der Waals surface area contributed by atoms with Crippen molar-refractivity contribution in [1.29, 1.82) is 0 Å². The Hall–Kier alpha value is -0.940. The Morgan fingerprint density at radius 3 is 2.38 bits per heavy atom. The molecule has 0 aliphatic carbocycles. The van der Waals surface area contributed by atoms with Crippen LogP contribution >= 0.6 is 0 Å². The van der Waals surface area contributed by atoms with Crippen molar-refractivity contribution in [2.24, 2.45) is 4.99 Å². The third-order valence-corrected chi connectivity index (χ3v) is 0.411. The average molecular weight is 118 g/mol. The SMILES string of the molecule is CC=NC(=O)N(O)O. The molecule has 0 atom stereocenters. The molecule has 5 heteroatoms. The van der Waals surface area contributed by atoms with Gasteiger partial charge < -0.3 is 0 Å². The highest BCUT2D eigenvalue weighted by molar-refractivity contribution is 5.81. The van der Waals surface area contributed by atoms with Gasteiger partial charge in [-0.25, -0.2) is 9.79 Å². The second-order valence-electron chi connectivity index (χ2n) is 0.959. The van der Waals surface area contributed by atoms with E-state index in [0.29, 0.717) is 0 Å².